The van der Waals surface area contributed by atoms with Crippen molar-refractivity contribution in [3.05, 3.63) is 30.3 Å². The average molecular weight is 269 g/mol. The Morgan fingerprint density at radius 2 is 1.94 bits per heavy atom. The van der Waals surface area contributed by atoms with Gasteiger partial charge < -0.3 is 4.74 Å². The van der Waals surface area contributed by atoms with Gasteiger partial charge in [-0.25, -0.2) is 4.79 Å². The molecule has 5 nitrogen and oxygen atoms in total. The highest BCUT2D eigenvalue weighted by atomic mass is 35.5. The zero-order chi connectivity index (χ0) is 13.6. The van der Waals surface area contributed by atoms with Gasteiger partial charge in [-0.3, -0.25) is 4.79 Å². The van der Waals surface area contributed by atoms with E-state index in [4.69, 9.17) is 16.3 Å². The molecule has 1 unspecified atom stereocenters. The Labute approximate surface area is 110 Å². The quantitative estimate of drug-likeness (QED) is 0.271. The lowest BCUT2D eigenvalue weighted by molar-refractivity contribution is -0.149. The van der Waals surface area contributed by atoms with Gasteiger partial charge in [-0.15, -0.1) is 5.11 Å². The van der Waals surface area contributed by atoms with Crippen LogP contribution in [0.25, 0.3) is 0 Å². The zero-order valence-corrected chi connectivity index (χ0v) is 10.8. The van der Waals surface area contributed by atoms with Crippen molar-refractivity contribution < 1.29 is 14.3 Å². The third kappa shape index (κ3) is 3.37. The van der Waals surface area contributed by atoms with Crippen LogP contribution < -0.4 is 0 Å². The van der Waals surface area contributed by atoms with Crippen molar-refractivity contribution in [2.45, 2.75) is 18.8 Å². The molecule has 18 heavy (non-hydrogen) atoms. The molecule has 0 aliphatic carbocycles. The summed E-state index contributed by atoms with van der Waals surface area (Å²) in [6, 6.07) is 8.66. The molecule has 6 heteroatoms. The minimum absolute atomic E-state index is 0.113. The number of rotatable bonds is 5. The van der Waals surface area contributed by atoms with Gasteiger partial charge in [0.15, 0.2) is 5.78 Å². The number of carbonyl (C=O) groups is 2. The first-order chi connectivity index (χ1) is 8.50. The van der Waals surface area contributed by atoms with Gasteiger partial charge in [-0.1, -0.05) is 29.8 Å². The normalized spacial score (nSPS) is 14.2. The van der Waals surface area contributed by atoms with Gasteiger partial charge >= 0.3 is 11.0 Å². The van der Waals surface area contributed by atoms with E-state index in [1.54, 1.807) is 31.2 Å². The number of Topliss-reactive ketones (excluding diaryl/α,β-unsaturated/α-hetero) is 1. The fourth-order valence-electron chi connectivity index (χ4n) is 1.10. The van der Waals surface area contributed by atoms with E-state index in [2.05, 4.69) is 10.2 Å². The Bertz CT molecular complexity index is 462. The summed E-state index contributed by atoms with van der Waals surface area (Å²) >= 11 is 5.87. The van der Waals surface area contributed by atoms with Gasteiger partial charge in [0, 0.05) is 0 Å². The summed E-state index contributed by atoms with van der Waals surface area (Å²) in [6.07, 6.45) is 0. The predicted octanol–water partition coefficient (Wildman–Crippen LogP) is 2.86. The summed E-state index contributed by atoms with van der Waals surface area (Å²) in [6.45, 7) is 2.89. The lowest BCUT2D eigenvalue weighted by atomic mass is 10.2. The first-order valence-corrected chi connectivity index (χ1v) is 5.73. The molecule has 0 amide bonds. The number of ketones is 1. The highest BCUT2D eigenvalue weighted by Crippen LogP contribution is 2.24. The Morgan fingerprint density at radius 1 is 1.33 bits per heavy atom. The number of carbonyl (C=O) groups excluding carboxylic acids is 2. The van der Waals surface area contributed by atoms with Crippen LogP contribution in [0.5, 0.6) is 0 Å². The van der Waals surface area contributed by atoms with Crippen LogP contribution in [0.15, 0.2) is 40.6 Å². The molecule has 0 fully saturated rings. The van der Waals surface area contributed by atoms with Crippen molar-refractivity contribution in [3.63, 3.8) is 0 Å². The Morgan fingerprint density at radius 3 is 2.44 bits per heavy atom. The van der Waals surface area contributed by atoms with Crippen LogP contribution in [0.3, 0.4) is 0 Å². The minimum atomic E-state index is -2.11. The molecule has 0 bridgehead atoms. The first kappa shape index (κ1) is 14.3. The number of hydrogen-bond acceptors (Lipinski definition) is 5. The van der Waals surface area contributed by atoms with Gasteiger partial charge in [0.25, 0.3) is 0 Å². The van der Waals surface area contributed by atoms with Gasteiger partial charge in [-0.2, -0.15) is 5.11 Å². The molecule has 1 rings (SSSR count). The first-order valence-electron chi connectivity index (χ1n) is 5.36. The van der Waals surface area contributed by atoms with Crippen molar-refractivity contribution in [1.82, 2.24) is 0 Å². The molecular formula is C12H13ClN2O3. The molecule has 0 spiro atoms. The number of halogens is 1. The van der Waals surface area contributed by atoms with Gasteiger partial charge in [0.05, 0.1) is 12.3 Å². The molecule has 0 aliphatic rings. The molecule has 0 saturated carbocycles. The Kier molecular flexibility index (Phi) is 4.97. The standard InChI is InChI=1S/C12H13ClN2O3/c1-3-18-11(17)12(13,9(2)16)15-14-10-7-5-4-6-8-10/h4-8H,3H2,1-2H3. The SMILES string of the molecule is CCOC(=O)C(Cl)(N=Nc1ccccc1)C(C)=O. The molecule has 0 radical (unpaired) electrons. The lowest BCUT2D eigenvalue weighted by Crippen LogP contribution is -2.39. The summed E-state index contributed by atoms with van der Waals surface area (Å²) in [5.41, 5.74) is 0.494. The minimum Gasteiger partial charge on any atom is -0.463 e. The highest BCUT2D eigenvalue weighted by molar-refractivity contribution is 6.45. The van der Waals surface area contributed by atoms with Crippen molar-refractivity contribution >= 4 is 29.0 Å². The maximum Gasteiger partial charge on any atom is 0.359 e. The molecule has 96 valence electrons. The number of benzene rings is 1. The maximum absolute atomic E-state index is 11.6. The second-order valence-corrected chi connectivity index (χ2v) is 3.98. The number of esters is 1. The van der Waals surface area contributed by atoms with E-state index >= 15 is 0 Å². The molecule has 0 aromatic heterocycles. The highest BCUT2D eigenvalue weighted by Gasteiger charge is 2.43. The van der Waals surface area contributed by atoms with E-state index in [0.29, 0.717) is 5.69 Å². The van der Waals surface area contributed by atoms with Crippen LogP contribution in [0.2, 0.25) is 0 Å². The smallest absolute Gasteiger partial charge is 0.359 e. The van der Waals surface area contributed by atoms with Crippen LogP contribution in [-0.2, 0) is 14.3 Å². The summed E-state index contributed by atoms with van der Waals surface area (Å²) in [5, 5.41) is 7.38. The lowest BCUT2D eigenvalue weighted by Gasteiger charge is -2.15. The molecule has 1 atom stereocenters. The van der Waals surface area contributed by atoms with Crippen LogP contribution in [0.1, 0.15) is 13.8 Å². The fourth-order valence-corrected chi connectivity index (χ4v) is 1.20. The molecule has 0 heterocycles. The van der Waals surface area contributed by atoms with Crippen molar-refractivity contribution in [1.29, 1.82) is 0 Å². The molecular weight excluding hydrogens is 256 g/mol. The fraction of sp³-hybridized carbons (Fsp3) is 0.333. The number of hydrogen-bond donors (Lipinski definition) is 0. The third-order valence-electron chi connectivity index (χ3n) is 2.07. The van der Waals surface area contributed by atoms with Crippen LogP contribution in [0, 0.1) is 0 Å². The van der Waals surface area contributed by atoms with E-state index in [0.717, 1.165) is 6.92 Å². The molecule has 0 saturated heterocycles. The van der Waals surface area contributed by atoms with Gasteiger partial charge in [-0.05, 0) is 26.0 Å². The number of alkyl halides is 1. The molecule has 1 aromatic rings. The predicted molar refractivity (Wildman–Crippen MR) is 66.9 cm³/mol. The second kappa shape index (κ2) is 6.26. The number of ether oxygens (including phenoxy) is 1. The maximum atomic E-state index is 11.6. The summed E-state index contributed by atoms with van der Waals surface area (Å²) in [5.74, 6) is -1.55. The van der Waals surface area contributed by atoms with E-state index in [1.807, 2.05) is 6.07 Å². The largest absolute Gasteiger partial charge is 0.463 e. The Balaban J connectivity index is 2.97. The number of azo groups is 1. The summed E-state index contributed by atoms with van der Waals surface area (Å²) in [4.78, 5) is 20.9. The van der Waals surface area contributed by atoms with Crippen LogP contribution in [-0.4, -0.2) is 23.4 Å². The average Bonchev–Trinajstić information content (AvgIpc) is 2.37. The van der Waals surface area contributed by atoms with Gasteiger partial charge in [0.2, 0.25) is 0 Å². The summed E-state index contributed by atoms with van der Waals surface area (Å²) < 4.78 is 4.71. The Hall–Kier alpha value is -1.75. The van der Waals surface area contributed by atoms with Crippen molar-refractivity contribution in [2.24, 2.45) is 10.2 Å². The topological polar surface area (TPSA) is 68.1 Å². The van der Waals surface area contributed by atoms with Crippen LogP contribution >= 0.6 is 11.6 Å². The van der Waals surface area contributed by atoms with Crippen molar-refractivity contribution in [2.75, 3.05) is 6.61 Å². The van der Waals surface area contributed by atoms with Crippen molar-refractivity contribution in [3.8, 4) is 0 Å². The molecule has 0 N–H and O–H groups in total. The molecule has 1 aromatic carbocycles. The zero-order valence-electron chi connectivity index (χ0n) is 10.1. The number of nitrogens with zero attached hydrogens (tertiary/aromatic N) is 2. The van der Waals surface area contributed by atoms with Gasteiger partial charge in [0.1, 0.15) is 0 Å². The monoisotopic (exact) mass is 268 g/mol. The summed E-state index contributed by atoms with van der Waals surface area (Å²) in [7, 11) is 0. The van der Waals surface area contributed by atoms with E-state index < -0.39 is 16.8 Å². The molecule has 0 aliphatic heterocycles. The van der Waals surface area contributed by atoms with Crippen LogP contribution in [0.4, 0.5) is 5.69 Å². The second-order valence-electron chi connectivity index (χ2n) is 3.43. The van der Waals surface area contributed by atoms with E-state index in [9.17, 15) is 9.59 Å². The van der Waals surface area contributed by atoms with E-state index in [1.165, 1.54) is 0 Å². The van der Waals surface area contributed by atoms with E-state index in [-0.39, 0.29) is 6.61 Å². The third-order valence-corrected chi connectivity index (χ3v) is 2.57.